The van der Waals surface area contributed by atoms with Gasteiger partial charge in [-0.05, 0) is 59.9 Å². The van der Waals surface area contributed by atoms with Crippen molar-refractivity contribution in [3.63, 3.8) is 0 Å². The predicted octanol–water partition coefficient (Wildman–Crippen LogP) is 4.26. The predicted molar refractivity (Wildman–Crippen MR) is 138 cm³/mol. The molecule has 1 aromatic heterocycles. The van der Waals surface area contributed by atoms with Crippen molar-refractivity contribution in [3.8, 4) is 11.5 Å². The number of hydrogen-bond donors (Lipinski definition) is 0. The minimum Gasteiger partial charge on any atom is -0.493 e. The Hall–Kier alpha value is -3.13. The van der Waals surface area contributed by atoms with Gasteiger partial charge >= 0.3 is 0 Å². The van der Waals surface area contributed by atoms with Gasteiger partial charge in [0.15, 0.2) is 17.3 Å². The van der Waals surface area contributed by atoms with Crippen LogP contribution in [0.3, 0.4) is 0 Å². The molecule has 0 saturated carbocycles. The molecule has 188 valence electrons. The number of piperazine rings is 1. The van der Waals surface area contributed by atoms with Gasteiger partial charge in [0, 0.05) is 44.0 Å². The van der Waals surface area contributed by atoms with Crippen LogP contribution < -0.4 is 14.4 Å². The monoisotopic (exact) mass is 478 g/mol. The van der Waals surface area contributed by atoms with Gasteiger partial charge in [-0.1, -0.05) is 38.1 Å². The second-order valence-electron chi connectivity index (χ2n) is 9.74. The van der Waals surface area contributed by atoms with Crippen LogP contribution >= 0.6 is 0 Å². The molecular formula is C27H38N6O2. The van der Waals surface area contributed by atoms with Crippen molar-refractivity contribution < 1.29 is 9.47 Å². The maximum absolute atomic E-state index is 5.85. The van der Waals surface area contributed by atoms with E-state index in [4.69, 9.17) is 9.47 Å². The van der Waals surface area contributed by atoms with Crippen molar-refractivity contribution in [2.45, 2.75) is 46.7 Å². The molecule has 2 heterocycles. The molecule has 0 bridgehead atoms. The summed E-state index contributed by atoms with van der Waals surface area (Å²) in [5.74, 6) is 2.86. The number of aromatic nitrogens is 4. The van der Waals surface area contributed by atoms with Gasteiger partial charge < -0.3 is 14.4 Å². The van der Waals surface area contributed by atoms with Gasteiger partial charge in [0.05, 0.1) is 14.2 Å². The van der Waals surface area contributed by atoms with Crippen LogP contribution in [0.5, 0.6) is 11.5 Å². The first kappa shape index (κ1) is 25.0. The molecule has 1 aliphatic rings. The summed E-state index contributed by atoms with van der Waals surface area (Å²) >= 11 is 0. The maximum atomic E-state index is 5.85. The van der Waals surface area contributed by atoms with Crippen molar-refractivity contribution in [2.24, 2.45) is 5.92 Å². The van der Waals surface area contributed by atoms with E-state index in [-0.39, 0.29) is 6.04 Å². The fourth-order valence-corrected chi connectivity index (χ4v) is 4.85. The van der Waals surface area contributed by atoms with E-state index in [0.717, 1.165) is 56.3 Å². The fourth-order valence-electron chi connectivity index (χ4n) is 4.85. The Labute approximate surface area is 208 Å². The molecule has 0 amide bonds. The number of rotatable bonds is 9. The number of aryl methyl sites for hydroxylation is 3. The first-order valence-electron chi connectivity index (χ1n) is 12.5. The first-order valence-corrected chi connectivity index (χ1v) is 12.5. The largest absolute Gasteiger partial charge is 0.493 e. The van der Waals surface area contributed by atoms with Crippen LogP contribution in [-0.4, -0.2) is 65.5 Å². The SMILES string of the molecule is COc1cccc([C@@H](c2nnnn2CCC(C)C)N2CCN(c3cc(C)ccc3C)CC2)c1OC. The van der Waals surface area contributed by atoms with Crippen LogP contribution in [0.4, 0.5) is 5.69 Å². The highest BCUT2D eigenvalue weighted by molar-refractivity contribution is 5.55. The van der Waals surface area contributed by atoms with E-state index in [2.05, 4.69) is 77.3 Å². The van der Waals surface area contributed by atoms with Crippen molar-refractivity contribution in [3.05, 3.63) is 58.9 Å². The highest BCUT2D eigenvalue weighted by Gasteiger charge is 2.33. The Morgan fingerprint density at radius 2 is 1.74 bits per heavy atom. The summed E-state index contributed by atoms with van der Waals surface area (Å²) in [6.07, 6.45) is 1.01. The van der Waals surface area contributed by atoms with Crippen LogP contribution in [0.25, 0.3) is 0 Å². The molecule has 8 heteroatoms. The number of benzene rings is 2. The number of para-hydroxylation sites is 1. The smallest absolute Gasteiger partial charge is 0.173 e. The van der Waals surface area contributed by atoms with Crippen molar-refractivity contribution in [1.29, 1.82) is 0 Å². The van der Waals surface area contributed by atoms with Crippen molar-refractivity contribution in [2.75, 3.05) is 45.3 Å². The third-order valence-electron chi connectivity index (χ3n) is 6.84. The Bertz CT molecular complexity index is 1120. The summed E-state index contributed by atoms with van der Waals surface area (Å²) in [6, 6.07) is 12.6. The van der Waals surface area contributed by atoms with Crippen LogP contribution in [0.15, 0.2) is 36.4 Å². The zero-order valence-electron chi connectivity index (χ0n) is 21.9. The molecule has 0 aliphatic carbocycles. The van der Waals surface area contributed by atoms with Crippen molar-refractivity contribution in [1.82, 2.24) is 25.1 Å². The normalized spacial score (nSPS) is 15.5. The van der Waals surface area contributed by atoms with Gasteiger partial charge in [-0.2, -0.15) is 0 Å². The second-order valence-corrected chi connectivity index (χ2v) is 9.74. The van der Waals surface area contributed by atoms with Crippen LogP contribution in [0.2, 0.25) is 0 Å². The lowest BCUT2D eigenvalue weighted by Gasteiger charge is -2.40. The molecule has 8 nitrogen and oxygen atoms in total. The number of methoxy groups -OCH3 is 2. The van der Waals surface area contributed by atoms with Gasteiger partial charge in [-0.25, -0.2) is 4.68 Å². The maximum Gasteiger partial charge on any atom is 0.173 e. The molecule has 2 aromatic carbocycles. The number of ether oxygens (including phenoxy) is 2. The Morgan fingerprint density at radius 1 is 0.971 bits per heavy atom. The Balaban J connectivity index is 1.68. The molecule has 1 atom stereocenters. The van der Waals surface area contributed by atoms with E-state index in [1.165, 1.54) is 16.8 Å². The molecule has 1 saturated heterocycles. The zero-order valence-corrected chi connectivity index (χ0v) is 21.9. The third-order valence-corrected chi connectivity index (χ3v) is 6.84. The summed E-state index contributed by atoms with van der Waals surface area (Å²) in [5.41, 5.74) is 4.94. The number of hydrogen-bond acceptors (Lipinski definition) is 7. The van der Waals surface area contributed by atoms with Crippen LogP contribution in [-0.2, 0) is 6.54 Å². The second kappa shape index (κ2) is 11.1. The van der Waals surface area contributed by atoms with E-state index >= 15 is 0 Å². The molecule has 0 spiro atoms. The van der Waals surface area contributed by atoms with Crippen molar-refractivity contribution >= 4 is 5.69 Å². The molecule has 35 heavy (non-hydrogen) atoms. The van der Waals surface area contributed by atoms with Gasteiger partial charge in [0.25, 0.3) is 0 Å². The summed E-state index contributed by atoms with van der Waals surface area (Å²) in [5, 5.41) is 13.0. The summed E-state index contributed by atoms with van der Waals surface area (Å²) in [7, 11) is 3.37. The molecule has 4 rings (SSSR count). The highest BCUT2D eigenvalue weighted by Crippen LogP contribution is 2.40. The Kier molecular flexibility index (Phi) is 7.90. The van der Waals surface area contributed by atoms with E-state index in [1.54, 1.807) is 14.2 Å². The summed E-state index contributed by atoms with van der Waals surface area (Å²) < 4.78 is 13.4. The van der Waals surface area contributed by atoms with Gasteiger partial charge in [0.2, 0.25) is 0 Å². The molecule has 0 unspecified atom stereocenters. The van der Waals surface area contributed by atoms with E-state index in [1.807, 2.05) is 16.8 Å². The van der Waals surface area contributed by atoms with Crippen LogP contribution in [0, 0.1) is 19.8 Å². The average molecular weight is 479 g/mol. The number of anilines is 1. The van der Waals surface area contributed by atoms with Crippen LogP contribution in [0.1, 0.15) is 48.8 Å². The molecule has 1 fully saturated rings. The Morgan fingerprint density at radius 3 is 2.43 bits per heavy atom. The first-order chi connectivity index (χ1) is 16.9. The third kappa shape index (κ3) is 5.42. The topological polar surface area (TPSA) is 68.5 Å². The standard InChI is InChI=1S/C27H38N6O2/c1-19(2)12-13-33-27(28-29-30-33)25(22-8-7-9-24(34-5)26(22)35-6)32-16-14-31(15-17-32)23-18-20(3)10-11-21(23)4/h7-11,18-19,25H,12-17H2,1-6H3/t25-/m0/s1. The number of nitrogens with zero attached hydrogens (tertiary/aromatic N) is 6. The van der Waals surface area contributed by atoms with E-state index in [0.29, 0.717) is 11.7 Å². The molecule has 1 aliphatic heterocycles. The quantitative estimate of drug-likeness (QED) is 0.455. The minimum atomic E-state index is -0.136. The molecule has 0 N–H and O–H groups in total. The minimum absolute atomic E-state index is 0.136. The van der Waals surface area contributed by atoms with Gasteiger partial charge in [0.1, 0.15) is 6.04 Å². The highest BCUT2D eigenvalue weighted by atomic mass is 16.5. The lowest BCUT2D eigenvalue weighted by Crippen LogP contribution is -2.48. The fraction of sp³-hybridized carbons (Fsp3) is 0.519. The lowest BCUT2D eigenvalue weighted by atomic mass is 10.0. The average Bonchev–Trinajstić information content (AvgIpc) is 3.32. The van der Waals surface area contributed by atoms with Gasteiger partial charge in [-0.3, -0.25) is 4.90 Å². The molecule has 0 radical (unpaired) electrons. The number of tetrazole rings is 1. The summed E-state index contributed by atoms with van der Waals surface area (Å²) in [4.78, 5) is 4.96. The zero-order chi connectivity index (χ0) is 24.9. The molecule has 3 aromatic rings. The van der Waals surface area contributed by atoms with E-state index in [9.17, 15) is 0 Å². The molecular weight excluding hydrogens is 440 g/mol. The van der Waals surface area contributed by atoms with Gasteiger partial charge in [-0.15, -0.1) is 5.10 Å². The summed E-state index contributed by atoms with van der Waals surface area (Å²) in [6.45, 7) is 13.2. The lowest BCUT2D eigenvalue weighted by molar-refractivity contribution is 0.195. The van der Waals surface area contributed by atoms with E-state index < -0.39 is 0 Å².